The number of amides is 1. The molecular formula is C19H18ClN5O. The van der Waals surface area contributed by atoms with Crippen LogP contribution in [-0.4, -0.2) is 40.2 Å². The summed E-state index contributed by atoms with van der Waals surface area (Å²) < 4.78 is 0. The Morgan fingerprint density at radius 3 is 2.88 bits per heavy atom. The Hall–Kier alpha value is -2.86. The summed E-state index contributed by atoms with van der Waals surface area (Å²) in [5, 5.41) is 11.3. The molecule has 1 atom stereocenters. The summed E-state index contributed by atoms with van der Waals surface area (Å²) in [5.41, 5.74) is 2.56. The Labute approximate surface area is 156 Å². The molecule has 6 nitrogen and oxygen atoms in total. The number of carbonyl (C=O) groups excluding carboxylic acids is 1. The SMILES string of the molecule is O=C(NC1CCN(c2cc(-c3ccc(Cl)cc3)[nH]n2)C1)c1cccnc1. The highest BCUT2D eigenvalue weighted by molar-refractivity contribution is 6.30. The summed E-state index contributed by atoms with van der Waals surface area (Å²) >= 11 is 5.94. The van der Waals surface area contributed by atoms with Gasteiger partial charge in [-0.05, 0) is 36.2 Å². The van der Waals surface area contributed by atoms with E-state index in [0.717, 1.165) is 36.6 Å². The first-order chi connectivity index (χ1) is 12.7. The van der Waals surface area contributed by atoms with E-state index in [9.17, 15) is 4.79 Å². The predicted molar refractivity (Wildman–Crippen MR) is 101 cm³/mol. The number of pyridine rings is 1. The second kappa shape index (κ2) is 7.17. The second-order valence-corrected chi connectivity index (χ2v) is 6.73. The molecule has 0 aliphatic carbocycles. The minimum absolute atomic E-state index is 0.0890. The van der Waals surface area contributed by atoms with Gasteiger partial charge in [0.15, 0.2) is 5.82 Å². The van der Waals surface area contributed by atoms with Crippen molar-refractivity contribution in [3.8, 4) is 11.3 Å². The van der Waals surface area contributed by atoms with E-state index in [0.29, 0.717) is 10.6 Å². The third-order valence-corrected chi connectivity index (χ3v) is 4.74. The topological polar surface area (TPSA) is 73.9 Å². The molecule has 4 rings (SSSR count). The molecular weight excluding hydrogens is 350 g/mol. The van der Waals surface area contributed by atoms with Crippen LogP contribution in [0, 0.1) is 0 Å². The molecule has 1 aliphatic heterocycles. The van der Waals surface area contributed by atoms with Crippen LogP contribution in [0.25, 0.3) is 11.3 Å². The Morgan fingerprint density at radius 1 is 1.27 bits per heavy atom. The van der Waals surface area contributed by atoms with Gasteiger partial charge in [-0.1, -0.05) is 23.7 Å². The molecule has 0 bridgehead atoms. The van der Waals surface area contributed by atoms with Crippen molar-refractivity contribution in [3.05, 3.63) is 65.4 Å². The van der Waals surface area contributed by atoms with Crippen molar-refractivity contribution < 1.29 is 4.79 Å². The summed E-state index contributed by atoms with van der Waals surface area (Å²) in [7, 11) is 0. The van der Waals surface area contributed by atoms with Gasteiger partial charge in [0.1, 0.15) is 0 Å². The first-order valence-corrected chi connectivity index (χ1v) is 8.84. The lowest BCUT2D eigenvalue weighted by Crippen LogP contribution is -2.37. The normalized spacial score (nSPS) is 16.7. The molecule has 26 heavy (non-hydrogen) atoms. The van der Waals surface area contributed by atoms with Crippen LogP contribution in [0.15, 0.2) is 54.9 Å². The Morgan fingerprint density at radius 2 is 2.12 bits per heavy atom. The molecule has 7 heteroatoms. The van der Waals surface area contributed by atoms with Crippen molar-refractivity contribution in [1.29, 1.82) is 0 Å². The zero-order valence-corrected chi connectivity index (χ0v) is 14.8. The average molecular weight is 368 g/mol. The summed E-state index contributed by atoms with van der Waals surface area (Å²) in [4.78, 5) is 18.4. The molecule has 2 N–H and O–H groups in total. The highest BCUT2D eigenvalue weighted by Gasteiger charge is 2.26. The standard InChI is InChI=1S/C19H18ClN5O/c20-15-5-3-13(4-6-15)17-10-18(24-23-17)25-9-7-16(12-25)22-19(26)14-2-1-8-21-11-14/h1-6,8,10-11,16H,7,9,12H2,(H,22,26)(H,23,24). The van der Waals surface area contributed by atoms with Gasteiger partial charge in [0.25, 0.3) is 5.91 Å². The number of halogens is 1. The van der Waals surface area contributed by atoms with E-state index >= 15 is 0 Å². The largest absolute Gasteiger partial charge is 0.353 e. The molecule has 132 valence electrons. The van der Waals surface area contributed by atoms with Crippen molar-refractivity contribution in [1.82, 2.24) is 20.5 Å². The van der Waals surface area contributed by atoms with Gasteiger partial charge in [0.05, 0.1) is 11.3 Å². The van der Waals surface area contributed by atoms with Crippen molar-refractivity contribution in [2.75, 3.05) is 18.0 Å². The average Bonchev–Trinajstić information content (AvgIpc) is 3.32. The van der Waals surface area contributed by atoms with Crippen LogP contribution in [0.4, 0.5) is 5.82 Å². The van der Waals surface area contributed by atoms with Crippen LogP contribution >= 0.6 is 11.6 Å². The lowest BCUT2D eigenvalue weighted by Gasteiger charge is -2.16. The molecule has 1 aliphatic rings. The molecule has 3 heterocycles. The second-order valence-electron chi connectivity index (χ2n) is 6.29. The zero-order valence-electron chi connectivity index (χ0n) is 14.0. The van der Waals surface area contributed by atoms with E-state index in [4.69, 9.17) is 11.6 Å². The smallest absolute Gasteiger partial charge is 0.253 e. The molecule has 0 radical (unpaired) electrons. The Balaban J connectivity index is 1.40. The van der Waals surface area contributed by atoms with Crippen molar-refractivity contribution in [3.63, 3.8) is 0 Å². The Bertz CT molecular complexity index is 894. The van der Waals surface area contributed by atoms with Crippen molar-refractivity contribution >= 4 is 23.3 Å². The van der Waals surface area contributed by atoms with Gasteiger partial charge >= 0.3 is 0 Å². The minimum Gasteiger partial charge on any atom is -0.353 e. The summed E-state index contributed by atoms with van der Waals surface area (Å²) in [6, 6.07) is 13.3. The lowest BCUT2D eigenvalue weighted by atomic mass is 10.1. The van der Waals surface area contributed by atoms with E-state index in [1.54, 1.807) is 24.5 Å². The summed E-state index contributed by atoms with van der Waals surface area (Å²) in [6.45, 7) is 1.58. The lowest BCUT2D eigenvalue weighted by molar-refractivity contribution is 0.0940. The van der Waals surface area contributed by atoms with Crippen molar-refractivity contribution in [2.24, 2.45) is 0 Å². The third kappa shape index (κ3) is 3.55. The first-order valence-electron chi connectivity index (χ1n) is 8.46. The maximum absolute atomic E-state index is 12.3. The van der Waals surface area contributed by atoms with E-state index in [-0.39, 0.29) is 11.9 Å². The fourth-order valence-electron chi connectivity index (χ4n) is 3.10. The molecule has 1 unspecified atom stereocenters. The molecule has 1 amide bonds. The number of nitrogens with zero attached hydrogens (tertiary/aromatic N) is 3. The van der Waals surface area contributed by atoms with Gasteiger partial charge < -0.3 is 10.2 Å². The van der Waals surface area contributed by atoms with E-state index < -0.39 is 0 Å². The van der Waals surface area contributed by atoms with E-state index in [1.807, 2.05) is 30.3 Å². The van der Waals surface area contributed by atoms with E-state index in [2.05, 4.69) is 25.4 Å². The highest BCUT2D eigenvalue weighted by atomic mass is 35.5. The van der Waals surface area contributed by atoms with Gasteiger partial charge in [-0.2, -0.15) is 5.10 Å². The number of aromatic nitrogens is 3. The zero-order chi connectivity index (χ0) is 17.9. The van der Waals surface area contributed by atoms with Crippen LogP contribution in [0.5, 0.6) is 0 Å². The van der Waals surface area contributed by atoms with Gasteiger partial charge in [0, 0.05) is 42.6 Å². The maximum atomic E-state index is 12.3. The monoisotopic (exact) mass is 367 g/mol. The number of anilines is 1. The van der Waals surface area contributed by atoms with Gasteiger partial charge in [-0.3, -0.25) is 14.9 Å². The number of nitrogens with one attached hydrogen (secondary N) is 2. The first kappa shape index (κ1) is 16.6. The van der Waals surface area contributed by atoms with Gasteiger partial charge in [-0.15, -0.1) is 0 Å². The maximum Gasteiger partial charge on any atom is 0.253 e. The van der Waals surface area contributed by atoms with Gasteiger partial charge in [-0.25, -0.2) is 0 Å². The predicted octanol–water partition coefficient (Wildman–Crippen LogP) is 3.13. The minimum atomic E-state index is -0.0890. The molecule has 0 spiro atoms. The molecule has 1 aromatic carbocycles. The number of benzene rings is 1. The number of H-pyrrole nitrogens is 1. The third-order valence-electron chi connectivity index (χ3n) is 4.49. The molecule has 1 saturated heterocycles. The number of carbonyl (C=O) groups is 1. The fraction of sp³-hybridized carbons (Fsp3) is 0.211. The highest BCUT2D eigenvalue weighted by Crippen LogP contribution is 2.25. The van der Waals surface area contributed by atoms with Crippen molar-refractivity contribution in [2.45, 2.75) is 12.5 Å². The fourth-order valence-corrected chi connectivity index (χ4v) is 3.23. The molecule has 2 aromatic heterocycles. The number of aromatic amines is 1. The number of hydrogen-bond acceptors (Lipinski definition) is 4. The number of rotatable bonds is 4. The molecule has 3 aromatic rings. The van der Waals surface area contributed by atoms with Crippen LogP contribution in [0.1, 0.15) is 16.8 Å². The summed E-state index contributed by atoms with van der Waals surface area (Å²) in [6.07, 6.45) is 4.12. The summed E-state index contributed by atoms with van der Waals surface area (Å²) in [5.74, 6) is 0.793. The Kier molecular flexibility index (Phi) is 4.58. The quantitative estimate of drug-likeness (QED) is 0.743. The van der Waals surface area contributed by atoms with E-state index in [1.165, 1.54) is 0 Å². The number of hydrogen-bond donors (Lipinski definition) is 2. The van der Waals surface area contributed by atoms with Crippen LogP contribution in [0.2, 0.25) is 5.02 Å². The van der Waals surface area contributed by atoms with Crippen LogP contribution < -0.4 is 10.2 Å². The van der Waals surface area contributed by atoms with Crippen LogP contribution in [0.3, 0.4) is 0 Å². The van der Waals surface area contributed by atoms with Crippen LogP contribution in [-0.2, 0) is 0 Å². The molecule has 0 saturated carbocycles. The molecule has 1 fully saturated rings. The van der Waals surface area contributed by atoms with Gasteiger partial charge in [0.2, 0.25) is 0 Å².